The molecule has 1 aliphatic heterocycles. The molecule has 42 heavy (non-hydrogen) atoms. The van der Waals surface area contributed by atoms with E-state index in [0.717, 1.165) is 52.2 Å². The van der Waals surface area contributed by atoms with Crippen molar-refractivity contribution in [3.63, 3.8) is 0 Å². The van der Waals surface area contributed by atoms with E-state index in [1.165, 1.54) is 5.57 Å². The lowest BCUT2D eigenvalue weighted by molar-refractivity contribution is 0.0230. The van der Waals surface area contributed by atoms with Crippen LogP contribution < -0.4 is 0 Å². The van der Waals surface area contributed by atoms with E-state index in [4.69, 9.17) is 9.73 Å². The monoisotopic (exact) mass is 572 g/mol. The number of aliphatic imine (C=N–C) groups is 1. The summed E-state index contributed by atoms with van der Waals surface area (Å²) in [5.74, 6) is 1.71. The smallest absolute Gasteiger partial charge is 0.410 e. The molecule has 1 aliphatic carbocycles. The van der Waals surface area contributed by atoms with Crippen molar-refractivity contribution in [1.82, 2.24) is 9.80 Å². The minimum absolute atomic E-state index is 0.285. The zero-order valence-electron chi connectivity index (χ0n) is 27.6. The Hall–Kier alpha value is -3.59. The van der Waals surface area contributed by atoms with E-state index in [0.29, 0.717) is 49.8 Å². The molecule has 1 fully saturated rings. The maximum Gasteiger partial charge on any atom is 0.410 e. The number of hydrogen-bond donors (Lipinski definition) is 0. The van der Waals surface area contributed by atoms with Crippen LogP contribution in [0, 0.1) is 23.2 Å². The van der Waals surface area contributed by atoms with Crippen LogP contribution in [0.2, 0.25) is 0 Å². The van der Waals surface area contributed by atoms with Gasteiger partial charge in [-0.2, -0.15) is 5.26 Å². The Bertz CT molecular complexity index is 1270. The van der Waals surface area contributed by atoms with Gasteiger partial charge >= 0.3 is 6.09 Å². The highest BCUT2D eigenvalue weighted by molar-refractivity contribution is 6.08. The van der Waals surface area contributed by atoms with Gasteiger partial charge in [0.1, 0.15) is 11.4 Å². The van der Waals surface area contributed by atoms with Crippen molar-refractivity contribution in [3.8, 4) is 6.07 Å². The van der Waals surface area contributed by atoms with E-state index in [1.807, 2.05) is 60.7 Å². The van der Waals surface area contributed by atoms with Gasteiger partial charge in [0.15, 0.2) is 0 Å². The first kappa shape index (κ1) is 34.6. The predicted molar refractivity (Wildman–Crippen MR) is 176 cm³/mol. The standard InChI is InChI=1S/C36H52N4O2/c1-24(2)19-29(21-37)14-13-28(8)40-23-32(30-15-16-30)33(34(40)38-12)31(26(5)6)20-27(7)17-18-39(22-25(3)4)35(41)42-36(9,10)11/h13-14,23,25,30H,1,5,7,15-20,22H2,2-4,6,8-12H3/b28-13+,29-14+,33-31-,38-34?. The van der Waals surface area contributed by atoms with Crippen molar-refractivity contribution < 1.29 is 9.53 Å². The molecule has 1 amide bonds. The van der Waals surface area contributed by atoms with Gasteiger partial charge in [0.05, 0.1) is 6.07 Å². The van der Waals surface area contributed by atoms with Gasteiger partial charge in [0, 0.05) is 49.6 Å². The van der Waals surface area contributed by atoms with E-state index in [1.54, 1.807) is 4.90 Å². The number of ether oxygens (including phenoxy) is 1. The molecule has 1 saturated carbocycles. The molecule has 0 radical (unpaired) electrons. The molecule has 0 spiro atoms. The molecule has 0 saturated heterocycles. The van der Waals surface area contributed by atoms with Gasteiger partial charge in [0.25, 0.3) is 0 Å². The summed E-state index contributed by atoms with van der Waals surface area (Å²) in [4.78, 5) is 21.6. The number of carbonyl (C=O) groups excluding carboxylic acids is 1. The fraction of sp³-hybridized carbons (Fsp3) is 0.528. The van der Waals surface area contributed by atoms with Crippen LogP contribution in [-0.2, 0) is 4.74 Å². The molecule has 0 bridgehead atoms. The predicted octanol–water partition coefficient (Wildman–Crippen LogP) is 9.05. The normalized spacial score (nSPS) is 18.2. The minimum Gasteiger partial charge on any atom is -0.444 e. The molecule has 0 N–H and O–H groups in total. The van der Waals surface area contributed by atoms with Gasteiger partial charge < -0.3 is 14.5 Å². The third kappa shape index (κ3) is 10.4. The first-order valence-electron chi connectivity index (χ1n) is 15.0. The van der Waals surface area contributed by atoms with E-state index >= 15 is 0 Å². The van der Waals surface area contributed by atoms with Crippen LogP contribution in [0.3, 0.4) is 0 Å². The third-order valence-corrected chi connectivity index (χ3v) is 7.00. The van der Waals surface area contributed by atoms with Crippen LogP contribution in [0.5, 0.6) is 0 Å². The molecule has 6 heteroatoms. The van der Waals surface area contributed by atoms with Crippen molar-refractivity contribution in [2.24, 2.45) is 16.8 Å². The second-order valence-electron chi connectivity index (χ2n) is 13.2. The van der Waals surface area contributed by atoms with Gasteiger partial charge in [-0.25, -0.2) is 4.79 Å². The van der Waals surface area contributed by atoms with Gasteiger partial charge in [0.2, 0.25) is 0 Å². The summed E-state index contributed by atoms with van der Waals surface area (Å²) in [6.45, 7) is 29.8. The molecule has 2 rings (SSSR count). The van der Waals surface area contributed by atoms with E-state index in [-0.39, 0.29) is 6.09 Å². The third-order valence-electron chi connectivity index (χ3n) is 7.00. The molecule has 0 atom stereocenters. The topological polar surface area (TPSA) is 68.9 Å². The summed E-state index contributed by atoms with van der Waals surface area (Å²) in [5.41, 5.74) is 7.66. The SMILES string of the molecule is C=C(C)C/C(C#N)=C\C=C(/C)N1C=C(C2CC2)/C(=C(\CC(=C)CCN(CC(C)C)C(=O)OC(C)(C)C)C(=C)C)C1=NC. The number of allylic oxidation sites excluding steroid dienone is 7. The van der Waals surface area contributed by atoms with Crippen LogP contribution in [-0.4, -0.2) is 47.5 Å². The Balaban J connectivity index is 2.37. The lowest BCUT2D eigenvalue weighted by Gasteiger charge is -2.29. The van der Waals surface area contributed by atoms with Crippen molar-refractivity contribution in [1.29, 1.82) is 5.26 Å². The van der Waals surface area contributed by atoms with Crippen molar-refractivity contribution in [2.75, 3.05) is 20.1 Å². The Morgan fingerprint density at radius 1 is 1.19 bits per heavy atom. The van der Waals surface area contributed by atoms with Crippen molar-refractivity contribution >= 4 is 11.9 Å². The second kappa shape index (κ2) is 15.0. The van der Waals surface area contributed by atoms with Crippen LogP contribution in [0.4, 0.5) is 4.79 Å². The second-order valence-corrected chi connectivity index (χ2v) is 13.2. The fourth-order valence-corrected chi connectivity index (χ4v) is 4.89. The van der Waals surface area contributed by atoms with Crippen molar-refractivity contribution in [3.05, 3.63) is 82.8 Å². The quantitative estimate of drug-likeness (QED) is 0.125. The molecular weight excluding hydrogens is 520 g/mol. The summed E-state index contributed by atoms with van der Waals surface area (Å²) in [6.07, 6.45) is 9.98. The van der Waals surface area contributed by atoms with E-state index in [2.05, 4.69) is 50.8 Å². The maximum absolute atomic E-state index is 12.9. The summed E-state index contributed by atoms with van der Waals surface area (Å²) in [5, 5.41) is 9.54. The summed E-state index contributed by atoms with van der Waals surface area (Å²) in [6, 6.07) is 2.28. The Labute approximate surface area is 255 Å². The largest absolute Gasteiger partial charge is 0.444 e. The average molecular weight is 573 g/mol. The van der Waals surface area contributed by atoms with Gasteiger partial charge in [-0.1, -0.05) is 50.3 Å². The minimum atomic E-state index is -0.542. The number of nitriles is 1. The molecule has 0 aromatic carbocycles. The summed E-state index contributed by atoms with van der Waals surface area (Å²) in [7, 11) is 1.83. The molecule has 0 aromatic heterocycles. The highest BCUT2D eigenvalue weighted by Gasteiger charge is 2.38. The Morgan fingerprint density at radius 3 is 2.31 bits per heavy atom. The molecular formula is C36H52N4O2. The summed E-state index contributed by atoms with van der Waals surface area (Å²) >= 11 is 0. The number of rotatable bonds is 13. The average Bonchev–Trinajstić information content (AvgIpc) is 3.65. The number of amidine groups is 1. The summed E-state index contributed by atoms with van der Waals surface area (Å²) < 4.78 is 5.68. The van der Waals surface area contributed by atoms with Gasteiger partial charge in [-0.3, -0.25) is 4.99 Å². The number of amides is 1. The molecule has 228 valence electrons. The molecule has 6 nitrogen and oxygen atoms in total. The van der Waals surface area contributed by atoms with Gasteiger partial charge in [-0.05, 0) is 102 Å². The fourth-order valence-electron chi connectivity index (χ4n) is 4.89. The van der Waals surface area contributed by atoms with Crippen LogP contribution in [0.25, 0.3) is 0 Å². The van der Waals surface area contributed by atoms with Crippen LogP contribution in [0.1, 0.15) is 87.5 Å². The Kier molecular flexibility index (Phi) is 12.4. The number of hydrogen-bond acceptors (Lipinski definition) is 4. The van der Waals surface area contributed by atoms with Gasteiger partial charge in [-0.15, -0.1) is 0 Å². The van der Waals surface area contributed by atoms with Crippen LogP contribution in [0.15, 0.2) is 87.8 Å². The van der Waals surface area contributed by atoms with E-state index < -0.39 is 5.60 Å². The zero-order chi connectivity index (χ0) is 31.8. The maximum atomic E-state index is 12.9. The zero-order valence-corrected chi connectivity index (χ0v) is 27.6. The number of nitrogens with zero attached hydrogens (tertiary/aromatic N) is 4. The highest BCUT2D eigenvalue weighted by atomic mass is 16.6. The van der Waals surface area contributed by atoms with E-state index in [9.17, 15) is 10.1 Å². The lowest BCUT2D eigenvalue weighted by Crippen LogP contribution is -2.39. The molecule has 0 aromatic rings. The lowest BCUT2D eigenvalue weighted by atomic mass is 9.89. The van der Waals surface area contributed by atoms with Crippen molar-refractivity contribution in [2.45, 2.75) is 93.1 Å². The first-order chi connectivity index (χ1) is 19.6. The molecule has 0 unspecified atom stereocenters. The first-order valence-corrected chi connectivity index (χ1v) is 15.0. The Morgan fingerprint density at radius 2 is 1.83 bits per heavy atom. The molecule has 1 heterocycles. The highest BCUT2D eigenvalue weighted by Crippen LogP contribution is 2.46. The van der Waals surface area contributed by atoms with Crippen LogP contribution >= 0.6 is 0 Å². The number of carbonyl (C=O) groups is 1. The molecule has 2 aliphatic rings.